The second-order valence-electron chi connectivity index (χ2n) is 10.6. The summed E-state index contributed by atoms with van der Waals surface area (Å²) in [5.74, 6) is 1.60. The SMILES string of the molecule is COc1ccc(C(OC[C@H]2O[C@@H](n3cnc4c(NC(C)=O)nccc43)C[C@@H]2O)(c2ccccc2)c2ccc(OC)cc2)cc1. The van der Waals surface area contributed by atoms with E-state index in [4.69, 9.17) is 18.9 Å². The number of ether oxygens (including phenoxy) is 4. The zero-order valence-electron chi connectivity index (χ0n) is 24.7. The molecule has 0 bridgehead atoms. The van der Waals surface area contributed by atoms with Gasteiger partial charge in [-0.25, -0.2) is 9.97 Å². The lowest BCUT2D eigenvalue weighted by Crippen LogP contribution is -2.38. The van der Waals surface area contributed by atoms with Crippen molar-refractivity contribution in [1.29, 1.82) is 0 Å². The van der Waals surface area contributed by atoms with Gasteiger partial charge in [-0.3, -0.25) is 4.79 Å². The third-order valence-electron chi connectivity index (χ3n) is 7.94. The summed E-state index contributed by atoms with van der Waals surface area (Å²) in [6.45, 7) is 1.52. The molecular weight excluding hydrogens is 560 g/mol. The molecule has 0 saturated carbocycles. The number of imidazole rings is 1. The fraction of sp³-hybridized carbons (Fsp3) is 0.265. The Hall–Kier alpha value is -4.77. The highest BCUT2D eigenvalue weighted by molar-refractivity contribution is 5.96. The summed E-state index contributed by atoms with van der Waals surface area (Å²) in [6, 6.07) is 27.4. The van der Waals surface area contributed by atoms with Crippen molar-refractivity contribution in [2.75, 3.05) is 26.1 Å². The lowest BCUT2D eigenvalue weighted by Gasteiger charge is -2.37. The number of methoxy groups -OCH3 is 2. The number of nitrogens with one attached hydrogen (secondary N) is 1. The lowest BCUT2D eigenvalue weighted by molar-refractivity contribution is -0.114. The van der Waals surface area contributed by atoms with Gasteiger partial charge in [-0.2, -0.15) is 0 Å². The van der Waals surface area contributed by atoms with E-state index in [2.05, 4.69) is 15.3 Å². The molecule has 2 N–H and O–H groups in total. The summed E-state index contributed by atoms with van der Waals surface area (Å²) in [7, 11) is 3.27. The van der Waals surface area contributed by atoms with Crippen molar-refractivity contribution in [2.24, 2.45) is 0 Å². The summed E-state index contributed by atoms with van der Waals surface area (Å²) >= 11 is 0. The molecule has 0 aliphatic carbocycles. The average Bonchev–Trinajstić information content (AvgIpc) is 3.66. The predicted octanol–water partition coefficient (Wildman–Crippen LogP) is 5.06. The highest BCUT2D eigenvalue weighted by atomic mass is 16.6. The van der Waals surface area contributed by atoms with E-state index in [0.29, 0.717) is 17.8 Å². The Morgan fingerprint density at radius 2 is 1.55 bits per heavy atom. The average molecular weight is 595 g/mol. The number of aliphatic hydroxyl groups is 1. The van der Waals surface area contributed by atoms with E-state index in [1.54, 1.807) is 32.8 Å². The van der Waals surface area contributed by atoms with Crippen LogP contribution in [0.4, 0.5) is 5.82 Å². The quantitative estimate of drug-likeness (QED) is 0.216. The van der Waals surface area contributed by atoms with Crippen molar-refractivity contribution in [2.45, 2.75) is 37.4 Å². The van der Waals surface area contributed by atoms with Gasteiger partial charge in [0, 0.05) is 19.5 Å². The van der Waals surface area contributed by atoms with Gasteiger partial charge in [0.25, 0.3) is 0 Å². The second kappa shape index (κ2) is 12.5. The first-order valence-electron chi connectivity index (χ1n) is 14.3. The second-order valence-corrected chi connectivity index (χ2v) is 10.6. The topological polar surface area (TPSA) is 117 Å². The van der Waals surface area contributed by atoms with Crippen LogP contribution in [-0.4, -0.2) is 58.6 Å². The smallest absolute Gasteiger partial charge is 0.222 e. The van der Waals surface area contributed by atoms with Crippen LogP contribution >= 0.6 is 0 Å². The maximum absolute atomic E-state index is 11.7. The maximum atomic E-state index is 11.7. The van der Waals surface area contributed by atoms with Crippen LogP contribution in [0.2, 0.25) is 0 Å². The zero-order valence-corrected chi connectivity index (χ0v) is 24.7. The summed E-state index contributed by atoms with van der Waals surface area (Å²) in [4.78, 5) is 20.4. The Balaban J connectivity index is 1.34. The molecule has 1 aliphatic heterocycles. The van der Waals surface area contributed by atoms with E-state index in [1.165, 1.54) is 6.92 Å². The van der Waals surface area contributed by atoms with Crippen molar-refractivity contribution in [1.82, 2.24) is 14.5 Å². The molecule has 3 aromatic carbocycles. The first kappa shape index (κ1) is 29.3. The zero-order chi connectivity index (χ0) is 30.7. The number of fused-ring (bicyclic) bond motifs is 1. The normalized spacial score (nSPS) is 18.3. The van der Waals surface area contributed by atoms with Gasteiger partial charge in [0.05, 0.1) is 38.8 Å². The summed E-state index contributed by atoms with van der Waals surface area (Å²) in [6.07, 6.45) is 1.66. The molecule has 3 atom stereocenters. The number of anilines is 1. The number of aromatic nitrogens is 3. The standard InChI is InChI=1S/C34H34N4O6/c1-22(39)37-33-32-28(17-18-35-33)38(21-36-32)31-19-29(40)30(44-31)20-43-34(23-7-5-4-6-8-23,24-9-13-26(41-2)14-10-24)25-11-15-27(42-3)16-12-25/h4-18,21,29-31,40H,19-20H2,1-3H3,(H,35,37,39)/t29-,30+,31+/m0/s1. The molecule has 0 spiro atoms. The Morgan fingerprint density at radius 1 is 0.932 bits per heavy atom. The summed E-state index contributed by atoms with van der Waals surface area (Å²) < 4.78 is 26.1. The molecule has 0 radical (unpaired) electrons. The summed E-state index contributed by atoms with van der Waals surface area (Å²) in [5, 5.41) is 13.9. The Morgan fingerprint density at radius 3 is 2.14 bits per heavy atom. The molecule has 226 valence electrons. The molecule has 1 fully saturated rings. The van der Waals surface area contributed by atoms with Gasteiger partial charge in [0.1, 0.15) is 34.9 Å². The molecular formula is C34H34N4O6. The number of amides is 1. The van der Waals surface area contributed by atoms with Crippen molar-refractivity contribution >= 4 is 22.8 Å². The van der Waals surface area contributed by atoms with E-state index in [1.807, 2.05) is 83.4 Å². The number of hydrogen-bond donors (Lipinski definition) is 2. The molecule has 0 unspecified atom stereocenters. The summed E-state index contributed by atoms with van der Waals surface area (Å²) in [5.41, 5.74) is 2.93. The van der Waals surface area contributed by atoms with Gasteiger partial charge in [-0.15, -0.1) is 0 Å². The van der Waals surface area contributed by atoms with Gasteiger partial charge >= 0.3 is 0 Å². The molecule has 1 aliphatic rings. The molecule has 5 aromatic rings. The fourth-order valence-corrected chi connectivity index (χ4v) is 5.77. The highest BCUT2D eigenvalue weighted by Gasteiger charge is 2.42. The molecule has 44 heavy (non-hydrogen) atoms. The molecule has 10 nitrogen and oxygen atoms in total. The fourth-order valence-electron chi connectivity index (χ4n) is 5.77. The number of pyridine rings is 1. The van der Waals surface area contributed by atoms with E-state index in [-0.39, 0.29) is 12.5 Å². The lowest BCUT2D eigenvalue weighted by atomic mass is 9.80. The number of hydrogen-bond acceptors (Lipinski definition) is 8. The van der Waals surface area contributed by atoms with Crippen molar-refractivity contribution in [3.8, 4) is 11.5 Å². The van der Waals surface area contributed by atoms with Gasteiger partial charge < -0.3 is 33.9 Å². The van der Waals surface area contributed by atoms with Gasteiger partial charge in [-0.1, -0.05) is 54.6 Å². The van der Waals surface area contributed by atoms with Crippen LogP contribution < -0.4 is 14.8 Å². The number of benzene rings is 3. The number of rotatable bonds is 10. The number of aliphatic hydroxyl groups excluding tert-OH is 1. The Kier molecular flexibility index (Phi) is 8.30. The van der Waals surface area contributed by atoms with E-state index in [9.17, 15) is 9.90 Å². The van der Waals surface area contributed by atoms with Crippen LogP contribution in [0, 0.1) is 0 Å². The van der Waals surface area contributed by atoms with Crippen LogP contribution in [0.3, 0.4) is 0 Å². The van der Waals surface area contributed by atoms with Crippen LogP contribution in [-0.2, 0) is 19.9 Å². The maximum Gasteiger partial charge on any atom is 0.222 e. The minimum atomic E-state index is -1.04. The van der Waals surface area contributed by atoms with Gasteiger partial charge in [-0.05, 0) is 47.0 Å². The first-order valence-corrected chi connectivity index (χ1v) is 14.3. The minimum Gasteiger partial charge on any atom is -0.497 e. The highest BCUT2D eigenvalue weighted by Crippen LogP contribution is 2.43. The number of carbonyl (C=O) groups excluding carboxylic acids is 1. The minimum absolute atomic E-state index is 0.0932. The molecule has 10 heteroatoms. The predicted molar refractivity (Wildman–Crippen MR) is 165 cm³/mol. The van der Waals surface area contributed by atoms with Crippen LogP contribution in [0.1, 0.15) is 36.3 Å². The molecule has 1 amide bonds. The molecule has 2 aromatic heterocycles. The van der Waals surface area contributed by atoms with Crippen molar-refractivity contribution in [3.05, 3.63) is 114 Å². The monoisotopic (exact) mass is 594 g/mol. The largest absolute Gasteiger partial charge is 0.497 e. The van der Waals surface area contributed by atoms with E-state index >= 15 is 0 Å². The Bertz CT molecular complexity index is 1680. The number of carbonyl (C=O) groups is 1. The van der Waals surface area contributed by atoms with Gasteiger partial charge in [0.15, 0.2) is 5.82 Å². The first-order chi connectivity index (χ1) is 21.4. The van der Waals surface area contributed by atoms with Crippen molar-refractivity contribution < 1.29 is 28.8 Å². The Labute approximate surface area is 255 Å². The molecule has 1 saturated heterocycles. The molecule has 3 heterocycles. The van der Waals surface area contributed by atoms with E-state index < -0.39 is 24.0 Å². The van der Waals surface area contributed by atoms with Gasteiger partial charge in [0.2, 0.25) is 5.91 Å². The van der Waals surface area contributed by atoms with Crippen LogP contribution in [0.15, 0.2) is 97.5 Å². The third kappa shape index (κ3) is 5.50. The van der Waals surface area contributed by atoms with Crippen LogP contribution in [0.25, 0.3) is 11.0 Å². The van der Waals surface area contributed by atoms with Crippen molar-refractivity contribution in [3.63, 3.8) is 0 Å². The number of nitrogens with zero attached hydrogens (tertiary/aromatic N) is 3. The van der Waals surface area contributed by atoms with Crippen LogP contribution in [0.5, 0.6) is 11.5 Å². The van der Waals surface area contributed by atoms with E-state index in [0.717, 1.165) is 33.7 Å². The molecule has 6 rings (SSSR count). The third-order valence-corrected chi connectivity index (χ3v) is 7.94.